The summed E-state index contributed by atoms with van der Waals surface area (Å²) in [7, 11) is 3.37. The van der Waals surface area contributed by atoms with Crippen molar-refractivity contribution in [3.8, 4) is 0 Å². The summed E-state index contributed by atoms with van der Waals surface area (Å²) in [6, 6.07) is 5.36. The molecule has 2 aliphatic rings. The number of nitrogens with one attached hydrogen (secondary N) is 2. The van der Waals surface area contributed by atoms with Crippen LogP contribution in [0, 0.1) is 0 Å². The number of carbonyl (C=O) groups excluding carboxylic acids is 2. The molecule has 2 saturated heterocycles. The molecule has 2 aliphatic heterocycles. The van der Waals surface area contributed by atoms with Crippen LogP contribution >= 0.6 is 0 Å². The number of rotatable bonds is 5. The molecule has 1 aromatic carbocycles. The van der Waals surface area contributed by atoms with Gasteiger partial charge in [0.05, 0.1) is 11.7 Å². The molecule has 1 aromatic rings. The molecule has 0 saturated carbocycles. The molecule has 7 heteroatoms. The molecule has 0 spiro atoms. The minimum Gasteiger partial charge on any atom is -0.376 e. The zero-order chi connectivity index (χ0) is 19.2. The van der Waals surface area contributed by atoms with Gasteiger partial charge >= 0.3 is 6.03 Å². The van der Waals surface area contributed by atoms with Gasteiger partial charge in [0.25, 0.3) is 5.91 Å². The highest BCUT2D eigenvalue weighted by Gasteiger charge is 2.22. The number of urea groups is 1. The summed E-state index contributed by atoms with van der Waals surface area (Å²) in [6.45, 7) is 3.20. The van der Waals surface area contributed by atoms with Crippen molar-refractivity contribution in [1.82, 2.24) is 10.2 Å². The molecule has 1 unspecified atom stereocenters. The normalized spacial score (nSPS) is 19.6. The first-order valence-electron chi connectivity index (χ1n) is 9.81. The Balaban J connectivity index is 1.78. The average molecular weight is 374 g/mol. The third-order valence-electron chi connectivity index (χ3n) is 5.11. The number of benzene rings is 1. The maximum absolute atomic E-state index is 12.9. The van der Waals surface area contributed by atoms with Crippen molar-refractivity contribution in [2.75, 3.05) is 50.6 Å². The molecule has 0 aliphatic carbocycles. The second-order valence-electron chi connectivity index (χ2n) is 7.45. The fraction of sp³-hybridized carbons (Fsp3) is 0.600. The fourth-order valence-corrected chi connectivity index (χ4v) is 3.55. The average Bonchev–Trinajstić information content (AvgIpc) is 3.20. The van der Waals surface area contributed by atoms with Gasteiger partial charge in [-0.2, -0.15) is 0 Å². The number of nitrogens with zero attached hydrogens (tertiary/aromatic N) is 2. The van der Waals surface area contributed by atoms with Gasteiger partial charge in [-0.15, -0.1) is 0 Å². The maximum atomic E-state index is 12.9. The fourth-order valence-electron chi connectivity index (χ4n) is 3.55. The van der Waals surface area contributed by atoms with Crippen molar-refractivity contribution in [2.45, 2.75) is 38.2 Å². The van der Waals surface area contributed by atoms with Crippen molar-refractivity contribution in [3.63, 3.8) is 0 Å². The number of anilines is 2. The van der Waals surface area contributed by atoms with Crippen LogP contribution < -0.4 is 15.5 Å². The van der Waals surface area contributed by atoms with Crippen LogP contribution in [0.3, 0.4) is 0 Å². The highest BCUT2D eigenvalue weighted by atomic mass is 16.5. The maximum Gasteiger partial charge on any atom is 0.321 e. The Kier molecular flexibility index (Phi) is 6.55. The number of amides is 3. The Morgan fingerprint density at radius 3 is 2.63 bits per heavy atom. The quantitative estimate of drug-likeness (QED) is 0.831. The lowest BCUT2D eigenvalue weighted by Crippen LogP contribution is -2.35. The van der Waals surface area contributed by atoms with Gasteiger partial charge in [-0.25, -0.2) is 4.79 Å². The van der Waals surface area contributed by atoms with E-state index in [1.54, 1.807) is 20.2 Å². The van der Waals surface area contributed by atoms with Gasteiger partial charge in [0, 0.05) is 51.7 Å². The van der Waals surface area contributed by atoms with Gasteiger partial charge in [-0.1, -0.05) is 0 Å². The van der Waals surface area contributed by atoms with E-state index in [0.29, 0.717) is 17.8 Å². The molecular weight excluding hydrogens is 344 g/mol. The van der Waals surface area contributed by atoms with Crippen LogP contribution in [-0.2, 0) is 4.74 Å². The Labute approximate surface area is 161 Å². The predicted molar refractivity (Wildman–Crippen MR) is 107 cm³/mol. The van der Waals surface area contributed by atoms with Crippen molar-refractivity contribution >= 4 is 23.3 Å². The van der Waals surface area contributed by atoms with Gasteiger partial charge in [-0.3, -0.25) is 4.79 Å². The molecule has 148 valence electrons. The van der Waals surface area contributed by atoms with E-state index in [4.69, 9.17) is 4.74 Å². The Morgan fingerprint density at radius 2 is 1.96 bits per heavy atom. The van der Waals surface area contributed by atoms with Crippen molar-refractivity contribution < 1.29 is 14.3 Å². The smallest absolute Gasteiger partial charge is 0.321 e. The van der Waals surface area contributed by atoms with E-state index in [1.807, 2.05) is 12.1 Å². The molecule has 7 nitrogen and oxygen atoms in total. The van der Waals surface area contributed by atoms with E-state index in [-0.39, 0.29) is 18.0 Å². The zero-order valence-corrected chi connectivity index (χ0v) is 16.3. The van der Waals surface area contributed by atoms with Crippen LogP contribution in [0.5, 0.6) is 0 Å². The first-order chi connectivity index (χ1) is 13.0. The predicted octanol–water partition coefficient (Wildman–Crippen LogP) is 2.68. The van der Waals surface area contributed by atoms with E-state index in [1.165, 1.54) is 11.3 Å². The van der Waals surface area contributed by atoms with E-state index in [9.17, 15) is 9.59 Å². The van der Waals surface area contributed by atoms with E-state index in [0.717, 1.165) is 51.1 Å². The largest absolute Gasteiger partial charge is 0.376 e. The Morgan fingerprint density at radius 1 is 1.19 bits per heavy atom. The van der Waals surface area contributed by atoms with Gasteiger partial charge in [0.15, 0.2) is 0 Å². The first-order valence-corrected chi connectivity index (χ1v) is 9.81. The van der Waals surface area contributed by atoms with Crippen LogP contribution in [0.25, 0.3) is 0 Å². The molecule has 0 radical (unpaired) electrons. The highest BCUT2D eigenvalue weighted by Crippen LogP contribution is 2.27. The van der Waals surface area contributed by atoms with E-state index in [2.05, 4.69) is 15.5 Å². The van der Waals surface area contributed by atoms with Crippen LogP contribution in [-0.4, -0.2) is 63.3 Å². The third-order valence-corrected chi connectivity index (χ3v) is 5.11. The lowest BCUT2D eigenvalue weighted by atomic mass is 10.1. The topological polar surface area (TPSA) is 73.9 Å². The Bertz CT molecular complexity index is 665. The molecule has 27 heavy (non-hydrogen) atoms. The number of ether oxygens (including phenoxy) is 1. The van der Waals surface area contributed by atoms with E-state index < -0.39 is 0 Å². The number of hydrogen-bond donors (Lipinski definition) is 2. The first kappa shape index (κ1) is 19.5. The lowest BCUT2D eigenvalue weighted by Gasteiger charge is -2.30. The van der Waals surface area contributed by atoms with E-state index >= 15 is 0 Å². The molecule has 0 aromatic heterocycles. The van der Waals surface area contributed by atoms with Crippen LogP contribution in [0.2, 0.25) is 0 Å². The molecule has 2 fully saturated rings. The summed E-state index contributed by atoms with van der Waals surface area (Å²) >= 11 is 0. The summed E-state index contributed by atoms with van der Waals surface area (Å²) in [6.07, 6.45) is 5.63. The molecule has 1 atom stereocenters. The highest BCUT2D eigenvalue weighted by molar-refractivity contribution is 6.02. The summed E-state index contributed by atoms with van der Waals surface area (Å²) in [5, 5.41) is 5.84. The minimum atomic E-state index is -0.216. The summed E-state index contributed by atoms with van der Waals surface area (Å²) in [5.41, 5.74) is 2.16. The van der Waals surface area contributed by atoms with Crippen LogP contribution in [0.4, 0.5) is 16.2 Å². The molecule has 3 amide bonds. The third kappa shape index (κ3) is 5.13. The summed E-state index contributed by atoms with van der Waals surface area (Å²) < 4.78 is 5.60. The zero-order valence-electron chi connectivity index (χ0n) is 16.3. The van der Waals surface area contributed by atoms with Gasteiger partial charge in [0.1, 0.15) is 0 Å². The Hall–Kier alpha value is -2.28. The second kappa shape index (κ2) is 9.08. The van der Waals surface area contributed by atoms with Crippen LogP contribution in [0.15, 0.2) is 18.2 Å². The molecule has 2 N–H and O–H groups in total. The monoisotopic (exact) mass is 374 g/mol. The van der Waals surface area contributed by atoms with Crippen molar-refractivity contribution in [1.29, 1.82) is 0 Å². The molecule has 3 rings (SSSR count). The minimum absolute atomic E-state index is 0.101. The van der Waals surface area contributed by atoms with Gasteiger partial charge in [0.2, 0.25) is 0 Å². The molecule has 0 bridgehead atoms. The number of hydrogen-bond acceptors (Lipinski definition) is 4. The SMILES string of the molecule is CN(C)C(=O)Nc1ccc(N2CCCCC2)c(C(=O)NCC2CCCO2)c1. The van der Waals surface area contributed by atoms with Gasteiger partial charge < -0.3 is 25.2 Å². The molecular formula is C20H30N4O3. The van der Waals surface area contributed by atoms with Crippen molar-refractivity contribution in [3.05, 3.63) is 23.8 Å². The van der Waals surface area contributed by atoms with Crippen LogP contribution in [0.1, 0.15) is 42.5 Å². The van der Waals surface area contributed by atoms with Crippen molar-refractivity contribution in [2.24, 2.45) is 0 Å². The second-order valence-corrected chi connectivity index (χ2v) is 7.45. The number of carbonyl (C=O) groups is 2. The number of piperidine rings is 1. The lowest BCUT2D eigenvalue weighted by molar-refractivity contribution is 0.0858. The van der Waals surface area contributed by atoms with Gasteiger partial charge in [-0.05, 0) is 50.3 Å². The summed E-state index contributed by atoms with van der Waals surface area (Å²) in [4.78, 5) is 28.6. The standard InChI is InChI=1S/C20H30N4O3/c1-23(2)20(26)22-15-8-9-18(24-10-4-3-5-11-24)17(13-15)19(25)21-14-16-7-6-12-27-16/h8-9,13,16H,3-7,10-12,14H2,1-2H3,(H,21,25)(H,22,26). The molecule has 2 heterocycles. The summed E-state index contributed by atoms with van der Waals surface area (Å²) in [5.74, 6) is -0.118.